The fourth-order valence-corrected chi connectivity index (χ4v) is 0.880. The second-order valence-electron chi connectivity index (χ2n) is 2.38. The lowest BCUT2D eigenvalue weighted by Gasteiger charge is -2.00. The molecule has 0 spiro atoms. The summed E-state index contributed by atoms with van der Waals surface area (Å²) in [4.78, 5) is 0. The van der Waals surface area contributed by atoms with Crippen molar-refractivity contribution in [3.8, 4) is 0 Å². The molecule has 12 heavy (non-hydrogen) atoms. The maximum Gasteiger partial charge on any atom is 0.129 e. The normalized spacial score (nSPS) is 10.9. The Morgan fingerprint density at radius 1 is 1.42 bits per heavy atom. The third-order valence-corrected chi connectivity index (χ3v) is 1.56. The number of halogens is 2. The molecule has 2 N–H and O–H groups in total. The van der Waals surface area contributed by atoms with Crippen LogP contribution in [0, 0.1) is 18.6 Å². The Bertz CT molecular complexity index is 321. The first-order valence-electron chi connectivity index (χ1n) is 3.34. The van der Waals surface area contributed by atoms with Crippen molar-refractivity contribution in [1.82, 2.24) is 0 Å². The van der Waals surface area contributed by atoms with Crippen molar-refractivity contribution in [3.05, 3.63) is 34.9 Å². The van der Waals surface area contributed by atoms with E-state index in [1.54, 1.807) is 0 Å². The first-order chi connectivity index (χ1) is 5.65. The van der Waals surface area contributed by atoms with Crippen LogP contribution >= 0.6 is 0 Å². The van der Waals surface area contributed by atoms with Crippen LogP contribution in [0.25, 0.3) is 0 Å². The van der Waals surface area contributed by atoms with Gasteiger partial charge < -0.3 is 5.84 Å². The average Bonchev–Trinajstić information content (AvgIpc) is 2.00. The van der Waals surface area contributed by atoms with Gasteiger partial charge >= 0.3 is 0 Å². The van der Waals surface area contributed by atoms with Crippen molar-refractivity contribution in [3.63, 3.8) is 0 Å². The first-order valence-corrected chi connectivity index (χ1v) is 3.34. The van der Waals surface area contributed by atoms with Gasteiger partial charge in [0.2, 0.25) is 0 Å². The minimum absolute atomic E-state index is 0.339. The molecule has 2 nitrogen and oxygen atoms in total. The molecule has 1 aromatic carbocycles. The van der Waals surface area contributed by atoms with Gasteiger partial charge in [0.25, 0.3) is 0 Å². The molecule has 0 amide bonds. The van der Waals surface area contributed by atoms with Gasteiger partial charge in [0.15, 0.2) is 0 Å². The third-order valence-electron chi connectivity index (χ3n) is 1.56. The molecule has 64 valence electrons. The summed E-state index contributed by atoms with van der Waals surface area (Å²) in [5.41, 5.74) is 0.695. The summed E-state index contributed by atoms with van der Waals surface area (Å²) in [7, 11) is 0. The quantitative estimate of drug-likeness (QED) is 0.387. The molecule has 0 aliphatic rings. The van der Waals surface area contributed by atoms with Crippen molar-refractivity contribution in [2.75, 3.05) is 0 Å². The number of nitrogens with two attached hydrogens (primary N) is 1. The number of hydrogen-bond acceptors (Lipinski definition) is 2. The van der Waals surface area contributed by atoms with E-state index in [1.165, 1.54) is 19.2 Å². The van der Waals surface area contributed by atoms with Crippen LogP contribution in [0.2, 0.25) is 0 Å². The predicted octanol–water partition coefficient (Wildman–Crippen LogP) is 1.57. The van der Waals surface area contributed by atoms with Crippen molar-refractivity contribution in [2.24, 2.45) is 10.9 Å². The SMILES string of the molecule is Cc1c(F)cc(F)cc1C=NN. The molecule has 1 rings (SSSR count). The molecule has 0 unspecified atom stereocenters. The van der Waals surface area contributed by atoms with Gasteiger partial charge in [-0.25, -0.2) is 8.78 Å². The Labute approximate surface area is 68.7 Å². The minimum Gasteiger partial charge on any atom is -0.323 e. The van der Waals surface area contributed by atoms with Gasteiger partial charge in [-0.15, -0.1) is 0 Å². The topological polar surface area (TPSA) is 38.4 Å². The van der Waals surface area contributed by atoms with Crippen molar-refractivity contribution in [1.29, 1.82) is 0 Å². The van der Waals surface area contributed by atoms with Gasteiger partial charge in [-0.2, -0.15) is 5.10 Å². The van der Waals surface area contributed by atoms with Crippen LogP contribution in [-0.4, -0.2) is 6.21 Å². The van der Waals surface area contributed by atoms with E-state index in [0.29, 0.717) is 11.1 Å². The van der Waals surface area contributed by atoms with Crippen LogP contribution in [0.1, 0.15) is 11.1 Å². The number of hydrazone groups is 1. The molecule has 4 heteroatoms. The van der Waals surface area contributed by atoms with Crippen LogP contribution in [0.3, 0.4) is 0 Å². The average molecular weight is 170 g/mol. The molecule has 0 aliphatic carbocycles. The Hall–Kier alpha value is -1.45. The van der Waals surface area contributed by atoms with Crippen LogP contribution in [0.15, 0.2) is 17.2 Å². The summed E-state index contributed by atoms with van der Waals surface area (Å²) in [6.45, 7) is 1.53. The lowest BCUT2D eigenvalue weighted by atomic mass is 10.1. The maximum atomic E-state index is 12.8. The first kappa shape index (κ1) is 8.64. The van der Waals surface area contributed by atoms with Gasteiger partial charge in [-0.1, -0.05) is 0 Å². The second-order valence-corrected chi connectivity index (χ2v) is 2.38. The molecule has 0 saturated carbocycles. The van der Waals surface area contributed by atoms with E-state index in [9.17, 15) is 8.78 Å². The molecule has 0 heterocycles. The molecule has 0 fully saturated rings. The molecule has 0 aromatic heterocycles. The highest BCUT2D eigenvalue weighted by molar-refractivity contribution is 5.81. The van der Waals surface area contributed by atoms with E-state index in [4.69, 9.17) is 5.84 Å². The molecular formula is C8H8F2N2. The van der Waals surface area contributed by atoms with Gasteiger partial charge in [0, 0.05) is 11.6 Å². The minimum atomic E-state index is -0.631. The van der Waals surface area contributed by atoms with E-state index in [1.807, 2.05) is 0 Å². The largest absolute Gasteiger partial charge is 0.323 e. The molecule has 0 atom stereocenters. The van der Waals surface area contributed by atoms with Crippen LogP contribution in [0.5, 0.6) is 0 Å². The van der Waals surface area contributed by atoms with E-state index in [0.717, 1.165) is 6.07 Å². The van der Waals surface area contributed by atoms with E-state index >= 15 is 0 Å². The van der Waals surface area contributed by atoms with Gasteiger partial charge in [-0.3, -0.25) is 0 Å². The van der Waals surface area contributed by atoms with Gasteiger partial charge in [0.05, 0.1) is 6.21 Å². The lowest BCUT2D eigenvalue weighted by Crippen LogP contribution is -1.95. The second kappa shape index (κ2) is 3.30. The Morgan fingerprint density at radius 2 is 2.08 bits per heavy atom. The number of benzene rings is 1. The van der Waals surface area contributed by atoms with E-state index in [2.05, 4.69) is 5.10 Å². The molecule has 0 bridgehead atoms. The lowest BCUT2D eigenvalue weighted by molar-refractivity contribution is 0.577. The summed E-state index contributed by atoms with van der Waals surface area (Å²) in [5, 5.41) is 3.19. The zero-order valence-corrected chi connectivity index (χ0v) is 6.51. The summed E-state index contributed by atoms with van der Waals surface area (Å²) in [5.74, 6) is 3.63. The fourth-order valence-electron chi connectivity index (χ4n) is 0.880. The summed E-state index contributed by atoms with van der Waals surface area (Å²) in [6.07, 6.45) is 1.21. The zero-order valence-electron chi connectivity index (χ0n) is 6.51. The Morgan fingerprint density at radius 3 is 2.67 bits per heavy atom. The third kappa shape index (κ3) is 1.58. The standard InChI is InChI=1S/C8H8F2N2/c1-5-6(4-12-11)2-7(9)3-8(5)10/h2-4H,11H2,1H3. The van der Waals surface area contributed by atoms with Crippen LogP contribution < -0.4 is 5.84 Å². The summed E-state index contributed by atoms with van der Waals surface area (Å²) in [6, 6.07) is 2.00. The Balaban J connectivity index is 3.27. The Kier molecular flexibility index (Phi) is 2.38. The number of nitrogens with zero attached hydrogens (tertiary/aromatic N) is 1. The van der Waals surface area contributed by atoms with Crippen LogP contribution in [0.4, 0.5) is 8.78 Å². The highest BCUT2D eigenvalue weighted by Crippen LogP contribution is 2.12. The smallest absolute Gasteiger partial charge is 0.129 e. The number of hydrogen-bond donors (Lipinski definition) is 1. The molecular weight excluding hydrogens is 162 g/mol. The molecule has 1 aromatic rings. The van der Waals surface area contributed by atoms with Crippen molar-refractivity contribution < 1.29 is 8.78 Å². The molecule has 0 radical (unpaired) electrons. The maximum absolute atomic E-state index is 12.8. The van der Waals surface area contributed by atoms with Crippen molar-refractivity contribution >= 4 is 6.21 Å². The monoisotopic (exact) mass is 170 g/mol. The summed E-state index contributed by atoms with van der Waals surface area (Å²) >= 11 is 0. The molecule has 0 saturated heterocycles. The fraction of sp³-hybridized carbons (Fsp3) is 0.125. The summed E-state index contributed by atoms with van der Waals surface area (Å²) < 4.78 is 25.4. The predicted molar refractivity (Wildman–Crippen MR) is 42.9 cm³/mol. The van der Waals surface area contributed by atoms with Gasteiger partial charge in [-0.05, 0) is 18.6 Å². The van der Waals surface area contributed by atoms with E-state index in [-0.39, 0.29) is 0 Å². The molecule has 0 aliphatic heterocycles. The highest BCUT2D eigenvalue weighted by atomic mass is 19.1. The zero-order chi connectivity index (χ0) is 9.14. The van der Waals surface area contributed by atoms with E-state index < -0.39 is 11.6 Å². The highest BCUT2D eigenvalue weighted by Gasteiger charge is 2.04. The van der Waals surface area contributed by atoms with Crippen molar-refractivity contribution in [2.45, 2.75) is 6.92 Å². The van der Waals surface area contributed by atoms with Gasteiger partial charge in [0.1, 0.15) is 11.6 Å². The number of rotatable bonds is 1. The van der Waals surface area contributed by atoms with Crippen LogP contribution in [-0.2, 0) is 0 Å².